The largest absolute Gasteiger partial charge is 0.455 e. The smallest absolute Gasteiger partial charge is 0.143 e. The highest BCUT2D eigenvalue weighted by Gasteiger charge is 2.51. The van der Waals surface area contributed by atoms with Crippen LogP contribution in [-0.2, 0) is 5.41 Å². The molecule has 1 unspecified atom stereocenters. The van der Waals surface area contributed by atoms with Crippen molar-refractivity contribution in [1.82, 2.24) is 4.57 Å². The molecule has 13 aromatic carbocycles. The first-order chi connectivity index (χ1) is 39.7. The van der Waals surface area contributed by atoms with Crippen LogP contribution in [0.5, 0.6) is 0 Å². The molecule has 17 rings (SSSR count). The summed E-state index contributed by atoms with van der Waals surface area (Å²) in [6.45, 7) is 0. The van der Waals surface area contributed by atoms with E-state index in [9.17, 15) is 0 Å². The molecule has 1 aliphatic heterocycles. The Labute approximate surface area is 463 Å². The fourth-order valence-electron chi connectivity index (χ4n) is 13.9. The van der Waals surface area contributed by atoms with Crippen LogP contribution in [0.15, 0.2) is 296 Å². The zero-order valence-corrected chi connectivity index (χ0v) is 43.5. The molecule has 0 saturated carbocycles. The van der Waals surface area contributed by atoms with E-state index in [1.54, 1.807) is 0 Å². The molecule has 1 aliphatic carbocycles. The van der Waals surface area contributed by atoms with Crippen LogP contribution in [0.2, 0.25) is 0 Å². The Morgan fingerprint density at radius 3 is 1.76 bits per heavy atom. The maximum Gasteiger partial charge on any atom is 0.143 e. The van der Waals surface area contributed by atoms with Crippen molar-refractivity contribution >= 4 is 71.6 Å². The molecule has 80 heavy (non-hydrogen) atoms. The van der Waals surface area contributed by atoms with Gasteiger partial charge in [-0.15, -0.1) is 0 Å². The quantitative estimate of drug-likeness (QED) is 0.159. The molecule has 1 spiro atoms. The Balaban J connectivity index is 0.796. The van der Waals surface area contributed by atoms with Crippen LogP contribution in [0.4, 0.5) is 17.1 Å². The summed E-state index contributed by atoms with van der Waals surface area (Å²) < 4.78 is 9.04. The third-order valence-electron chi connectivity index (χ3n) is 17.4. The number of fused-ring (bicyclic) bond motifs is 16. The van der Waals surface area contributed by atoms with E-state index in [-0.39, 0.29) is 0 Å². The first-order valence-corrected chi connectivity index (χ1v) is 27.6. The molecule has 3 heterocycles. The van der Waals surface area contributed by atoms with E-state index in [1.165, 1.54) is 93.9 Å². The van der Waals surface area contributed by atoms with Crippen LogP contribution in [0.1, 0.15) is 22.3 Å². The SMILES string of the molecule is c1ccc(-c2ccc(-c3ccccc3N(c3ccc(-c4cccc5c4oc4ccccc45)cc3)c3ccc4cc(-c5ccc6c(c5)C5(c7ccccc7-6)c6ccccc6-n6c7ccccc7c7cccc5c76)ccc4c3)cc2)cc1. The second-order valence-electron chi connectivity index (χ2n) is 21.5. The molecule has 0 N–H and O–H groups in total. The van der Waals surface area contributed by atoms with Crippen LogP contribution in [0.25, 0.3) is 116 Å². The molecular formula is C77H48N2O. The van der Waals surface area contributed by atoms with Gasteiger partial charge in [-0.3, -0.25) is 0 Å². The third kappa shape index (κ3) is 6.43. The van der Waals surface area contributed by atoms with Crippen molar-refractivity contribution in [1.29, 1.82) is 0 Å². The lowest BCUT2D eigenvalue weighted by Gasteiger charge is -2.39. The van der Waals surface area contributed by atoms with Crippen molar-refractivity contribution in [3.05, 3.63) is 313 Å². The highest BCUT2D eigenvalue weighted by Crippen LogP contribution is 2.61. The van der Waals surface area contributed by atoms with Crippen LogP contribution in [0, 0.1) is 0 Å². The molecular weight excluding hydrogens is 969 g/mol. The van der Waals surface area contributed by atoms with Gasteiger partial charge in [-0.2, -0.15) is 0 Å². The molecule has 2 aliphatic rings. The summed E-state index contributed by atoms with van der Waals surface area (Å²) in [6, 6.07) is 107. The number of nitrogens with zero attached hydrogens (tertiary/aromatic N) is 2. The van der Waals surface area contributed by atoms with Crippen LogP contribution >= 0.6 is 0 Å². The Morgan fingerprint density at radius 2 is 0.875 bits per heavy atom. The predicted octanol–water partition coefficient (Wildman–Crippen LogP) is 20.7. The second kappa shape index (κ2) is 17.3. The predicted molar refractivity (Wildman–Crippen MR) is 333 cm³/mol. The van der Waals surface area contributed by atoms with E-state index in [0.29, 0.717) is 0 Å². The Hall–Kier alpha value is -10.5. The molecule has 372 valence electrons. The number of hydrogen-bond donors (Lipinski definition) is 0. The maximum atomic E-state index is 6.53. The number of furan rings is 1. The van der Waals surface area contributed by atoms with E-state index in [4.69, 9.17) is 4.42 Å². The number of para-hydroxylation sites is 6. The Morgan fingerprint density at radius 1 is 0.312 bits per heavy atom. The zero-order chi connectivity index (χ0) is 52.5. The third-order valence-corrected chi connectivity index (χ3v) is 17.4. The minimum Gasteiger partial charge on any atom is -0.455 e. The molecule has 15 aromatic rings. The van der Waals surface area contributed by atoms with Gasteiger partial charge in [0.2, 0.25) is 0 Å². The highest BCUT2D eigenvalue weighted by molar-refractivity contribution is 6.13. The fraction of sp³-hybridized carbons (Fsp3) is 0.0130. The van der Waals surface area contributed by atoms with Crippen molar-refractivity contribution < 1.29 is 4.42 Å². The molecule has 0 bridgehead atoms. The van der Waals surface area contributed by atoms with Gasteiger partial charge in [0.05, 0.1) is 27.8 Å². The summed E-state index contributed by atoms with van der Waals surface area (Å²) in [6.07, 6.45) is 0. The van der Waals surface area contributed by atoms with Crippen LogP contribution in [0.3, 0.4) is 0 Å². The van der Waals surface area contributed by atoms with Gasteiger partial charge in [0.25, 0.3) is 0 Å². The molecule has 0 saturated heterocycles. The summed E-state index contributed by atoms with van der Waals surface area (Å²) in [4.78, 5) is 2.42. The van der Waals surface area contributed by atoms with E-state index in [1.807, 2.05) is 6.07 Å². The molecule has 2 aromatic heterocycles. The topological polar surface area (TPSA) is 21.3 Å². The Bertz CT molecular complexity index is 5000. The average Bonchev–Trinajstić information content (AvgIpc) is 4.12. The van der Waals surface area contributed by atoms with E-state index in [2.05, 4.69) is 295 Å². The van der Waals surface area contributed by atoms with Gasteiger partial charge in [-0.1, -0.05) is 231 Å². The zero-order valence-electron chi connectivity index (χ0n) is 43.5. The lowest BCUT2D eigenvalue weighted by molar-refractivity contribution is 0.670. The molecule has 0 amide bonds. The van der Waals surface area contributed by atoms with E-state index >= 15 is 0 Å². The minimum absolute atomic E-state index is 0.517. The normalized spacial score (nSPS) is 14.1. The average molecular weight is 1020 g/mol. The van der Waals surface area contributed by atoms with Gasteiger partial charge in [0, 0.05) is 44.0 Å². The first kappa shape index (κ1) is 44.6. The van der Waals surface area contributed by atoms with Gasteiger partial charge in [0.1, 0.15) is 11.2 Å². The molecule has 3 nitrogen and oxygen atoms in total. The number of hydrogen-bond acceptors (Lipinski definition) is 2. The maximum absolute atomic E-state index is 6.53. The Kier molecular flexibility index (Phi) is 9.63. The lowest BCUT2D eigenvalue weighted by atomic mass is 9.65. The molecule has 3 heteroatoms. The first-order valence-electron chi connectivity index (χ1n) is 27.6. The molecule has 1 atom stereocenters. The number of rotatable bonds is 7. The van der Waals surface area contributed by atoms with E-state index in [0.717, 1.165) is 61.3 Å². The van der Waals surface area contributed by atoms with Crippen molar-refractivity contribution in [2.75, 3.05) is 4.90 Å². The number of aromatic nitrogens is 1. The monoisotopic (exact) mass is 1020 g/mol. The summed E-state index contributed by atoms with van der Waals surface area (Å²) in [5, 5.41) is 7.17. The molecule has 0 fully saturated rings. The van der Waals surface area contributed by atoms with Crippen LogP contribution < -0.4 is 4.90 Å². The van der Waals surface area contributed by atoms with Gasteiger partial charge in [-0.05, 0) is 138 Å². The summed E-state index contributed by atoms with van der Waals surface area (Å²) in [7, 11) is 0. The lowest BCUT2D eigenvalue weighted by Crippen LogP contribution is -2.33. The summed E-state index contributed by atoms with van der Waals surface area (Å²) in [5.41, 5.74) is 25.4. The highest BCUT2D eigenvalue weighted by atomic mass is 16.3. The van der Waals surface area contributed by atoms with Gasteiger partial charge >= 0.3 is 0 Å². The van der Waals surface area contributed by atoms with Crippen molar-refractivity contribution in [2.24, 2.45) is 0 Å². The standard InChI is InChI=1S/C77H48N2O/c1-2-16-49(17-3-1)50-32-34-51(35-33-50)59-18-5-10-28-71(59)78(57-42-38-52(39-43-57)60-22-14-24-66-64-21-7-13-31-74(64)80-76(60)66)58-44-40-54-46-53(36-37-55(54)47-58)56-41-45-62-61-19-4-8-25-67(61)77(70(62)48-56)68-26-9-12-30-73(68)79-72-29-11-6-20-63(72)65-23-15-27-69(77)75(65)79/h1-48H. The van der Waals surface area contributed by atoms with Crippen molar-refractivity contribution in [3.63, 3.8) is 0 Å². The van der Waals surface area contributed by atoms with Crippen molar-refractivity contribution in [3.8, 4) is 61.3 Å². The van der Waals surface area contributed by atoms with Crippen LogP contribution in [-0.4, -0.2) is 4.57 Å². The molecule has 0 radical (unpaired) electrons. The summed E-state index contributed by atoms with van der Waals surface area (Å²) >= 11 is 0. The minimum atomic E-state index is -0.517. The van der Waals surface area contributed by atoms with Gasteiger partial charge < -0.3 is 13.9 Å². The van der Waals surface area contributed by atoms with Gasteiger partial charge in [0.15, 0.2) is 0 Å². The van der Waals surface area contributed by atoms with Gasteiger partial charge in [-0.25, -0.2) is 0 Å². The summed E-state index contributed by atoms with van der Waals surface area (Å²) in [5.74, 6) is 0. The second-order valence-corrected chi connectivity index (χ2v) is 21.5. The number of anilines is 3. The fourth-order valence-corrected chi connectivity index (χ4v) is 13.9. The van der Waals surface area contributed by atoms with E-state index < -0.39 is 5.41 Å². The van der Waals surface area contributed by atoms with Crippen molar-refractivity contribution in [2.45, 2.75) is 5.41 Å². The number of benzene rings is 13.